The number of hydrogen-bond acceptors (Lipinski definition) is 4. The molecule has 0 radical (unpaired) electrons. The first-order valence-corrected chi connectivity index (χ1v) is 10.2. The molecule has 0 aliphatic carbocycles. The fourth-order valence-corrected chi connectivity index (χ4v) is 2.61. The van der Waals surface area contributed by atoms with Crippen molar-refractivity contribution in [2.24, 2.45) is 0 Å². The van der Waals surface area contributed by atoms with Crippen molar-refractivity contribution in [1.82, 2.24) is 0 Å². The number of hydrogen-bond donors (Lipinski definition) is 4. The Bertz CT molecular complexity index is 556. The highest BCUT2D eigenvalue weighted by molar-refractivity contribution is 7.60. The van der Waals surface area contributed by atoms with Gasteiger partial charge in [0, 0.05) is 6.61 Å². The first-order valence-electron chi connectivity index (χ1n) is 7.09. The van der Waals surface area contributed by atoms with E-state index in [0.717, 1.165) is 26.1 Å². The van der Waals surface area contributed by atoms with Crippen LogP contribution in [0.1, 0.15) is 32.3 Å². The maximum absolute atomic E-state index is 9.63. The minimum atomic E-state index is -5.05. The van der Waals surface area contributed by atoms with Crippen molar-refractivity contribution in [3.05, 3.63) is 47.5 Å². The Morgan fingerprint density at radius 2 is 1.62 bits per heavy atom. The highest BCUT2D eigenvalue weighted by atomic mass is 31.3. The molecule has 0 heterocycles. The number of allylic oxidation sites excluding steroid dienone is 2. The van der Waals surface area contributed by atoms with Crippen molar-refractivity contribution in [2.45, 2.75) is 33.3 Å². The minimum Gasteiger partial charge on any atom is -0.377 e. The van der Waals surface area contributed by atoms with Crippen LogP contribution in [0.4, 0.5) is 0 Å². The van der Waals surface area contributed by atoms with Gasteiger partial charge in [0.25, 0.3) is 0 Å². The smallest absolute Gasteiger partial charge is 0.377 e. The Balaban J connectivity index is 0.000000506. The third-order valence-electron chi connectivity index (χ3n) is 2.68. The van der Waals surface area contributed by atoms with E-state index >= 15 is 0 Å². The summed E-state index contributed by atoms with van der Waals surface area (Å²) in [5.41, 5.74) is 2.69. The molecule has 0 spiro atoms. The predicted octanol–water partition coefficient (Wildman–Crippen LogP) is 3.14. The molecule has 10 heteroatoms. The first kappa shape index (κ1) is 23.2. The van der Waals surface area contributed by atoms with E-state index < -0.39 is 15.6 Å². The van der Waals surface area contributed by atoms with Crippen LogP contribution in [0.5, 0.6) is 0 Å². The van der Waals surface area contributed by atoms with Gasteiger partial charge in [-0.05, 0) is 32.3 Å². The third-order valence-corrected chi connectivity index (χ3v) is 4.38. The Morgan fingerprint density at radius 3 is 2.04 bits per heavy atom. The summed E-state index contributed by atoms with van der Waals surface area (Å²) in [4.78, 5) is 31.0. The molecule has 1 rings (SSSR count). The van der Waals surface area contributed by atoms with Crippen LogP contribution in [0, 0.1) is 0 Å². The summed E-state index contributed by atoms with van der Waals surface area (Å²) in [5.74, 6) is 0. The van der Waals surface area contributed by atoms with Crippen LogP contribution in [0.25, 0.3) is 0 Å². The molecule has 0 unspecified atom stereocenters. The molecule has 0 amide bonds. The van der Waals surface area contributed by atoms with Crippen LogP contribution in [0.2, 0.25) is 0 Å². The third kappa shape index (κ3) is 16.1. The largest absolute Gasteiger partial charge is 0.478 e. The maximum atomic E-state index is 9.63. The van der Waals surface area contributed by atoms with Gasteiger partial charge >= 0.3 is 15.6 Å². The van der Waals surface area contributed by atoms with Crippen molar-refractivity contribution in [3.63, 3.8) is 0 Å². The topological polar surface area (TPSA) is 134 Å². The highest BCUT2D eigenvalue weighted by Crippen LogP contribution is 2.53. The molecule has 1 aromatic rings. The van der Waals surface area contributed by atoms with Gasteiger partial charge in [0.15, 0.2) is 0 Å². The van der Waals surface area contributed by atoms with E-state index in [1.54, 1.807) is 0 Å². The summed E-state index contributed by atoms with van der Waals surface area (Å²) in [5, 5.41) is 0. The van der Waals surface area contributed by atoms with Gasteiger partial charge < -0.3 is 24.3 Å². The average molecular weight is 382 g/mol. The summed E-state index contributed by atoms with van der Waals surface area (Å²) in [7, 11) is -10.1. The lowest BCUT2D eigenvalue weighted by Gasteiger charge is -2.04. The van der Waals surface area contributed by atoms with Gasteiger partial charge in [-0.15, -0.1) is 0 Å². The van der Waals surface area contributed by atoms with Crippen molar-refractivity contribution in [3.8, 4) is 0 Å². The predicted molar refractivity (Wildman–Crippen MR) is 89.9 cm³/mol. The maximum Gasteiger partial charge on any atom is 0.478 e. The van der Waals surface area contributed by atoms with Crippen molar-refractivity contribution >= 4 is 15.6 Å². The second kappa shape index (κ2) is 11.7. The Kier molecular flexibility index (Phi) is 11.3. The molecule has 0 bridgehead atoms. The van der Waals surface area contributed by atoms with Crippen molar-refractivity contribution in [2.75, 3.05) is 6.61 Å². The monoisotopic (exact) mass is 382 g/mol. The zero-order valence-corrected chi connectivity index (χ0v) is 15.4. The van der Waals surface area contributed by atoms with Gasteiger partial charge in [-0.25, -0.2) is 9.13 Å². The van der Waals surface area contributed by atoms with Crippen LogP contribution in [-0.2, 0) is 24.8 Å². The van der Waals surface area contributed by atoms with Crippen LogP contribution in [0.15, 0.2) is 42.0 Å². The Labute approximate surface area is 141 Å². The van der Waals surface area contributed by atoms with Gasteiger partial charge in [-0.2, -0.15) is 4.31 Å². The number of rotatable bonds is 8. The van der Waals surface area contributed by atoms with Gasteiger partial charge in [-0.1, -0.05) is 42.0 Å². The summed E-state index contributed by atoms with van der Waals surface area (Å²) in [6, 6.07) is 10.3. The molecule has 0 aliphatic rings. The lowest BCUT2D eigenvalue weighted by molar-refractivity contribution is 0.118. The molecule has 0 fully saturated rings. The number of benzene rings is 1. The van der Waals surface area contributed by atoms with Crippen LogP contribution >= 0.6 is 15.6 Å². The number of ether oxygens (including phenoxy) is 1. The summed E-state index contributed by atoms with van der Waals surface area (Å²) >= 11 is 0. The molecule has 0 aliphatic heterocycles. The minimum absolute atomic E-state index is 0.732. The van der Waals surface area contributed by atoms with Gasteiger partial charge in [0.05, 0.1) is 6.61 Å². The Hall–Kier alpha value is -0.820. The molecule has 0 saturated heterocycles. The quantitative estimate of drug-likeness (QED) is 0.306. The molecule has 24 heavy (non-hydrogen) atoms. The fraction of sp³-hybridized carbons (Fsp3) is 0.429. The summed E-state index contributed by atoms with van der Waals surface area (Å²) < 4.78 is 27.8. The normalized spacial score (nSPS) is 12.5. The average Bonchev–Trinajstić information content (AvgIpc) is 2.44. The van der Waals surface area contributed by atoms with Crippen LogP contribution in [-0.4, -0.2) is 26.2 Å². The van der Waals surface area contributed by atoms with E-state index in [9.17, 15) is 9.13 Å². The van der Waals surface area contributed by atoms with Crippen molar-refractivity contribution < 1.29 is 37.8 Å². The van der Waals surface area contributed by atoms with E-state index in [-0.39, 0.29) is 0 Å². The molecule has 8 nitrogen and oxygen atoms in total. The van der Waals surface area contributed by atoms with Crippen molar-refractivity contribution in [1.29, 1.82) is 0 Å². The van der Waals surface area contributed by atoms with E-state index in [1.807, 2.05) is 18.2 Å². The molecule has 0 aromatic heterocycles. The highest BCUT2D eigenvalue weighted by Gasteiger charge is 2.27. The zero-order chi connectivity index (χ0) is 18.6. The van der Waals surface area contributed by atoms with Gasteiger partial charge in [-0.3, -0.25) is 0 Å². The molecule has 0 atom stereocenters. The number of phosphoric acid groups is 2. The van der Waals surface area contributed by atoms with Crippen LogP contribution < -0.4 is 0 Å². The van der Waals surface area contributed by atoms with Gasteiger partial charge in [0.1, 0.15) is 0 Å². The summed E-state index contributed by atoms with van der Waals surface area (Å²) in [6.07, 6.45) is 4.42. The van der Waals surface area contributed by atoms with E-state index in [0.29, 0.717) is 0 Å². The first-order chi connectivity index (χ1) is 11.0. The fourth-order valence-electron chi connectivity index (χ4n) is 1.50. The molecule has 0 saturated carbocycles. The second-order valence-corrected chi connectivity index (χ2v) is 7.46. The van der Waals surface area contributed by atoms with Gasteiger partial charge in [0.2, 0.25) is 0 Å². The molecule has 1 aromatic carbocycles. The molecule has 4 N–H and O–H groups in total. The van der Waals surface area contributed by atoms with E-state index in [2.05, 4.69) is 36.4 Å². The van der Waals surface area contributed by atoms with Crippen LogP contribution in [0.3, 0.4) is 0 Å². The van der Waals surface area contributed by atoms with E-state index in [1.165, 1.54) is 11.1 Å². The molecule has 138 valence electrons. The molecular formula is C14H24O8P2. The zero-order valence-electron chi connectivity index (χ0n) is 13.6. The standard InChI is InChI=1S/C14H20O.H4O7P2/c1-3-13(2)8-7-11-15-12-14-9-5-4-6-10-14;1-8(2,3)7-9(4,5)6/h3-6,9-10H,7-8,11-12H2,1-2H3;(H2,1,2,3)(H2,4,5,6). The van der Waals surface area contributed by atoms with E-state index in [4.69, 9.17) is 24.3 Å². The lowest BCUT2D eigenvalue weighted by Crippen LogP contribution is -1.95. The SMILES string of the molecule is CC=C(C)CCCOCc1ccccc1.O=P(O)(O)OP(=O)(O)O. The molecular weight excluding hydrogens is 358 g/mol. The second-order valence-electron chi connectivity index (χ2n) is 4.84. The summed E-state index contributed by atoms with van der Waals surface area (Å²) in [6.45, 7) is 5.83. The Morgan fingerprint density at radius 1 is 1.08 bits per heavy atom. The lowest BCUT2D eigenvalue weighted by atomic mass is 10.2.